The molecule has 0 radical (unpaired) electrons. The molecule has 4 heteroatoms. The fourth-order valence-electron chi connectivity index (χ4n) is 1.15. The van der Waals surface area contributed by atoms with E-state index in [0.717, 1.165) is 12.8 Å². The highest BCUT2D eigenvalue weighted by Gasteiger charge is 2.11. The van der Waals surface area contributed by atoms with Crippen molar-refractivity contribution in [2.45, 2.75) is 52.6 Å². The van der Waals surface area contributed by atoms with E-state index in [0.29, 0.717) is 31.8 Å². The predicted octanol–water partition coefficient (Wildman–Crippen LogP) is 2.31. The molecule has 0 aromatic heterocycles. The van der Waals surface area contributed by atoms with Crippen LogP contribution in [0.25, 0.3) is 0 Å². The number of hydrogen-bond donors (Lipinski definition) is 0. The summed E-state index contributed by atoms with van der Waals surface area (Å²) in [7, 11) is 0. The maximum Gasteiger partial charge on any atom is 0.305 e. The van der Waals surface area contributed by atoms with E-state index in [1.165, 1.54) is 0 Å². The third-order valence-electron chi connectivity index (χ3n) is 2.60. The second kappa shape index (κ2) is 9.19. The van der Waals surface area contributed by atoms with Gasteiger partial charge in [0.2, 0.25) is 0 Å². The molecule has 0 saturated heterocycles. The van der Waals surface area contributed by atoms with Crippen molar-refractivity contribution in [3.63, 3.8) is 0 Å². The topological polar surface area (TPSA) is 52.6 Å². The molecule has 0 fully saturated rings. The molecule has 0 rings (SSSR count). The molecule has 0 bridgehead atoms. The van der Waals surface area contributed by atoms with E-state index in [1.54, 1.807) is 0 Å². The first kappa shape index (κ1) is 14.9. The van der Waals surface area contributed by atoms with Crippen molar-refractivity contribution in [1.82, 2.24) is 0 Å². The standard InChI is InChI=1S/C12H22O4/c1-4-10(3)8-15-12(14)7-6-11(5-2)16-9-13/h9-11H,4-8H2,1-3H3. The van der Waals surface area contributed by atoms with Crippen molar-refractivity contribution in [2.75, 3.05) is 6.61 Å². The molecule has 0 aromatic carbocycles. The van der Waals surface area contributed by atoms with Crippen LogP contribution in [-0.4, -0.2) is 25.2 Å². The second-order valence-corrected chi connectivity index (χ2v) is 4.00. The molecular weight excluding hydrogens is 208 g/mol. The van der Waals surface area contributed by atoms with Gasteiger partial charge in [-0.05, 0) is 18.8 Å². The monoisotopic (exact) mass is 230 g/mol. The molecule has 16 heavy (non-hydrogen) atoms. The summed E-state index contributed by atoms with van der Waals surface area (Å²) >= 11 is 0. The summed E-state index contributed by atoms with van der Waals surface area (Å²) < 4.78 is 9.88. The van der Waals surface area contributed by atoms with Gasteiger partial charge in [-0.25, -0.2) is 0 Å². The van der Waals surface area contributed by atoms with Crippen LogP contribution in [0, 0.1) is 5.92 Å². The highest BCUT2D eigenvalue weighted by Crippen LogP contribution is 2.08. The van der Waals surface area contributed by atoms with E-state index in [1.807, 2.05) is 13.8 Å². The van der Waals surface area contributed by atoms with Gasteiger partial charge in [0.1, 0.15) is 6.10 Å². The van der Waals surface area contributed by atoms with Crippen LogP contribution >= 0.6 is 0 Å². The van der Waals surface area contributed by atoms with Gasteiger partial charge < -0.3 is 9.47 Å². The van der Waals surface area contributed by atoms with E-state index >= 15 is 0 Å². The van der Waals surface area contributed by atoms with Crippen LogP contribution in [0.5, 0.6) is 0 Å². The van der Waals surface area contributed by atoms with Crippen LogP contribution in [0.1, 0.15) is 46.5 Å². The molecular formula is C12H22O4. The summed E-state index contributed by atoms with van der Waals surface area (Å²) in [6.07, 6.45) is 2.39. The van der Waals surface area contributed by atoms with Gasteiger partial charge in [-0.1, -0.05) is 27.2 Å². The van der Waals surface area contributed by atoms with Crippen LogP contribution in [0.15, 0.2) is 0 Å². The van der Waals surface area contributed by atoms with Crippen LogP contribution in [0.4, 0.5) is 0 Å². The third-order valence-corrected chi connectivity index (χ3v) is 2.60. The molecule has 0 aliphatic carbocycles. The van der Waals surface area contributed by atoms with Gasteiger partial charge in [0.15, 0.2) is 0 Å². The molecule has 94 valence electrons. The molecule has 0 aromatic rings. The number of hydrogen-bond acceptors (Lipinski definition) is 4. The molecule has 0 N–H and O–H groups in total. The molecule has 2 atom stereocenters. The van der Waals surface area contributed by atoms with Crippen molar-refractivity contribution < 1.29 is 19.1 Å². The molecule has 0 amide bonds. The normalized spacial score (nSPS) is 13.9. The number of rotatable bonds is 9. The minimum atomic E-state index is -0.215. The average Bonchev–Trinajstić information content (AvgIpc) is 2.31. The number of ether oxygens (including phenoxy) is 2. The Balaban J connectivity index is 3.66. The first-order chi connectivity index (χ1) is 7.63. The number of carbonyl (C=O) groups excluding carboxylic acids is 2. The Hall–Kier alpha value is -1.06. The lowest BCUT2D eigenvalue weighted by Crippen LogP contribution is -2.16. The van der Waals surface area contributed by atoms with Gasteiger partial charge in [0.05, 0.1) is 6.61 Å². The van der Waals surface area contributed by atoms with Crippen LogP contribution in [-0.2, 0) is 19.1 Å². The Labute approximate surface area is 97.3 Å². The maximum atomic E-state index is 11.3. The SMILES string of the molecule is CCC(C)COC(=O)CCC(CC)OC=O. The predicted molar refractivity (Wildman–Crippen MR) is 60.9 cm³/mol. The zero-order valence-corrected chi connectivity index (χ0v) is 10.4. The molecule has 0 spiro atoms. The summed E-state index contributed by atoms with van der Waals surface area (Å²) in [5, 5.41) is 0. The summed E-state index contributed by atoms with van der Waals surface area (Å²) in [6.45, 7) is 6.92. The van der Waals surface area contributed by atoms with Crippen molar-refractivity contribution in [3.05, 3.63) is 0 Å². The van der Waals surface area contributed by atoms with Crippen molar-refractivity contribution >= 4 is 12.4 Å². The molecule has 0 heterocycles. The zero-order valence-electron chi connectivity index (χ0n) is 10.4. The van der Waals surface area contributed by atoms with Crippen LogP contribution < -0.4 is 0 Å². The minimum absolute atomic E-state index is 0.173. The quantitative estimate of drug-likeness (QED) is 0.450. The fourth-order valence-corrected chi connectivity index (χ4v) is 1.15. The number of esters is 1. The highest BCUT2D eigenvalue weighted by molar-refractivity contribution is 5.69. The lowest BCUT2D eigenvalue weighted by molar-refractivity contribution is -0.147. The molecule has 0 saturated carbocycles. The van der Waals surface area contributed by atoms with Crippen molar-refractivity contribution in [3.8, 4) is 0 Å². The van der Waals surface area contributed by atoms with Crippen LogP contribution in [0.2, 0.25) is 0 Å². The zero-order chi connectivity index (χ0) is 12.4. The van der Waals surface area contributed by atoms with Crippen molar-refractivity contribution in [2.24, 2.45) is 5.92 Å². The molecule has 2 unspecified atom stereocenters. The Kier molecular flexibility index (Phi) is 8.58. The molecule has 0 aliphatic rings. The lowest BCUT2D eigenvalue weighted by Gasteiger charge is -2.13. The number of carbonyl (C=O) groups is 2. The van der Waals surface area contributed by atoms with Gasteiger partial charge >= 0.3 is 5.97 Å². The van der Waals surface area contributed by atoms with Gasteiger partial charge in [-0.15, -0.1) is 0 Å². The Morgan fingerprint density at radius 3 is 2.50 bits per heavy atom. The lowest BCUT2D eigenvalue weighted by atomic mass is 10.1. The summed E-state index contributed by atoms with van der Waals surface area (Å²) in [5.74, 6) is 0.186. The van der Waals surface area contributed by atoms with Gasteiger partial charge in [0, 0.05) is 6.42 Å². The van der Waals surface area contributed by atoms with Gasteiger partial charge in [-0.3, -0.25) is 9.59 Å². The van der Waals surface area contributed by atoms with E-state index in [4.69, 9.17) is 9.47 Å². The third kappa shape index (κ3) is 7.26. The fraction of sp³-hybridized carbons (Fsp3) is 0.833. The van der Waals surface area contributed by atoms with Gasteiger partial charge in [0.25, 0.3) is 6.47 Å². The molecule has 4 nitrogen and oxygen atoms in total. The Morgan fingerprint density at radius 1 is 1.31 bits per heavy atom. The summed E-state index contributed by atoms with van der Waals surface area (Å²) in [4.78, 5) is 21.5. The molecule has 0 aliphatic heterocycles. The summed E-state index contributed by atoms with van der Waals surface area (Å²) in [6, 6.07) is 0. The van der Waals surface area contributed by atoms with E-state index < -0.39 is 0 Å². The van der Waals surface area contributed by atoms with Crippen LogP contribution in [0.3, 0.4) is 0 Å². The minimum Gasteiger partial charge on any atom is -0.465 e. The second-order valence-electron chi connectivity index (χ2n) is 4.00. The Morgan fingerprint density at radius 2 is 2.00 bits per heavy atom. The van der Waals surface area contributed by atoms with E-state index in [-0.39, 0.29) is 12.1 Å². The average molecular weight is 230 g/mol. The highest BCUT2D eigenvalue weighted by atomic mass is 16.5. The van der Waals surface area contributed by atoms with Gasteiger partial charge in [-0.2, -0.15) is 0 Å². The van der Waals surface area contributed by atoms with E-state index in [9.17, 15) is 9.59 Å². The summed E-state index contributed by atoms with van der Waals surface area (Å²) in [5.41, 5.74) is 0. The first-order valence-electron chi connectivity index (χ1n) is 5.88. The van der Waals surface area contributed by atoms with Crippen molar-refractivity contribution in [1.29, 1.82) is 0 Å². The van der Waals surface area contributed by atoms with E-state index in [2.05, 4.69) is 6.92 Å². The maximum absolute atomic E-state index is 11.3. The first-order valence-corrected chi connectivity index (χ1v) is 5.88. The largest absolute Gasteiger partial charge is 0.465 e. The smallest absolute Gasteiger partial charge is 0.305 e. The Bertz CT molecular complexity index is 203.